The highest BCUT2D eigenvalue weighted by molar-refractivity contribution is 7.10. The van der Waals surface area contributed by atoms with Crippen molar-refractivity contribution < 1.29 is 19.4 Å². The molecule has 1 aromatic carbocycles. The molecule has 0 saturated carbocycles. The second kappa shape index (κ2) is 12.0. The fraction of sp³-hybridized carbons (Fsp3) is 0.577. The zero-order valence-corrected chi connectivity index (χ0v) is 21.4. The van der Waals surface area contributed by atoms with Gasteiger partial charge < -0.3 is 19.5 Å². The summed E-state index contributed by atoms with van der Waals surface area (Å²) in [5.74, 6) is 0.929. The highest BCUT2D eigenvalue weighted by Crippen LogP contribution is 2.34. The molecule has 1 aromatic heterocycles. The van der Waals surface area contributed by atoms with Crippen LogP contribution in [0.15, 0.2) is 29.6 Å². The number of thiophene rings is 1. The van der Waals surface area contributed by atoms with Gasteiger partial charge in [-0.3, -0.25) is 9.69 Å². The molecule has 2 atom stereocenters. The molecule has 1 aliphatic heterocycles. The third-order valence-electron chi connectivity index (χ3n) is 6.04. The number of aliphatic hydroxyl groups is 1. The predicted octanol–water partition coefficient (Wildman–Crippen LogP) is 3.98. The van der Waals surface area contributed by atoms with Gasteiger partial charge in [0.1, 0.15) is 12.4 Å². The van der Waals surface area contributed by atoms with E-state index >= 15 is 0 Å². The van der Waals surface area contributed by atoms with Gasteiger partial charge in [-0.05, 0) is 69.3 Å². The van der Waals surface area contributed by atoms with Gasteiger partial charge in [-0.1, -0.05) is 24.6 Å². The van der Waals surface area contributed by atoms with Crippen LogP contribution in [0, 0.1) is 13.8 Å². The molecule has 6 nitrogen and oxygen atoms in total. The van der Waals surface area contributed by atoms with Gasteiger partial charge in [-0.25, -0.2) is 0 Å². The van der Waals surface area contributed by atoms with Gasteiger partial charge in [0.2, 0.25) is 5.91 Å². The molecule has 0 spiro atoms. The first-order valence-corrected chi connectivity index (χ1v) is 12.7. The molecule has 3 rings (SSSR count). The average Bonchev–Trinajstić information content (AvgIpc) is 3.25. The molecule has 7 heteroatoms. The predicted molar refractivity (Wildman–Crippen MR) is 133 cm³/mol. The van der Waals surface area contributed by atoms with Crippen molar-refractivity contribution in [2.24, 2.45) is 0 Å². The van der Waals surface area contributed by atoms with Gasteiger partial charge >= 0.3 is 0 Å². The Morgan fingerprint density at radius 1 is 1.30 bits per heavy atom. The first-order chi connectivity index (χ1) is 15.8. The number of hydrogen-bond acceptors (Lipinski definition) is 6. The van der Waals surface area contributed by atoms with Crippen molar-refractivity contribution in [1.29, 1.82) is 0 Å². The van der Waals surface area contributed by atoms with Crippen LogP contribution in [0.25, 0.3) is 0 Å². The lowest BCUT2D eigenvalue weighted by molar-refractivity contribution is -0.136. The third-order valence-corrected chi connectivity index (χ3v) is 7.04. The molecule has 1 N–H and O–H groups in total. The molecule has 0 unspecified atom stereocenters. The minimum atomic E-state index is -0.617. The summed E-state index contributed by atoms with van der Waals surface area (Å²) in [6, 6.07) is 8.19. The summed E-state index contributed by atoms with van der Waals surface area (Å²) < 4.78 is 11.7. The van der Waals surface area contributed by atoms with Crippen molar-refractivity contribution >= 4 is 17.2 Å². The molecular weight excluding hydrogens is 436 g/mol. The van der Waals surface area contributed by atoms with E-state index in [0.29, 0.717) is 26.2 Å². The van der Waals surface area contributed by atoms with Gasteiger partial charge in [-0.2, -0.15) is 0 Å². The second-order valence-electron chi connectivity index (χ2n) is 9.10. The summed E-state index contributed by atoms with van der Waals surface area (Å²) in [4.78, 5) is 18.7. The number of nitrogens with zero attached hydrogens (tertiary/aromatic N) is 2. The first-order valence-electron chi connectivity index (χ1n) is 11.9. The molecule has 2 aromatic rings. The molecular formula is C26H38N2O4S. The Labute approximate surface area is 202 Å². The van der Waals surface area contributed by atoms with Crippen molar-refractivity contribution in [3.05, 3.63) is 51.2 Å². The Bertz CT molecular complexity index is 913. The van der Waals surface area contributed by atoms with Crippen LogP contribution in [0.3, 0.4) is 0 Å². The van der Waals surface area contributed by atoms with Crippen LogP contribution in [0.1, 0.15) is 48.4 Å². The number of aliphatic hydroxyl groups excluding tert-OH is 1. The molecule has 2 heterocycles. The summed E-state index contributed by atoms with van der Waals surface area (Å²) in [6.07, 6.45) is 0.326. The topological polar surface area (TPSA) is 62.2 Å². The molecule has 0 fully saturated rings. The highest BCUT2D eigenvalue weighted by atomic mass is 32.1. The van der Waals surface area contributed by atoms with Crippen molar-refractivity contribution in [2.75, 3.05) is 39.4 Å². The SMILES string of the molecule is CCN(CC(=O)N1CCc2sccc2[C@H]1COc1ccc(C)cc1C)C[C@@H](O)COC(C)C. The number of aryl methyl sites for hydroxylation is 2. The fourth-order valence-electron chi connectivity index (χ4n) is 4.25. The molecule has 182 valence electrons. The van der Waals surface area contributed by atoms with Crippen molar-refractivity contribution in [2.45, 2.75) is 59.3 Å². The zero-order valence-electron chi connectivity index (χ0n) is 20.5. The van der Waals surface area contributed by atoms with E-state index in [1.165, 1.54) is 16.0 Å². The molecule has 1 amide bonds. The van der Waals surface area contributed by atoms with Crippen LogP contribution in [-0.4, -0.2) is 72.4 Å². The number of benzene rings is 1. The molecule has 0 bridgehead atoms. The smallest absolute Gasteiger partial charge is 0.237 e. The normalized spacial score (nSPS) is 16.8. The minimum absolute atomic E-state index is 0.0694. The number of carbonyl (C=O) groups excluding carboxylic acids is 1. The van der Waals surface area contributed by atoms with E-state index in [0.717, 1.165) is 17.7 Å². The number of hydrogen-bond donors (Lipinski definition) is 1. The summed E-state index contributed by atoms with van der Waals surface area (Å²) in [5.41, 5.74) is 3.50. The maximum Gasteiger partial charge on any atom is 0.237 e. The van der Waals surface area contributed by atoms with Crippen molar-refractivity contribution in [1.82, 2.24) is 9.80 Å². The van der Waals surface area contributed by atoms with E-state index in [9.17, 15) is 9.90 Å². The first kappa shape index (κ1) is 25.7. The fourth-order valence-corrected chi connectivity index (χ4v) is 5.17. The number of ether oxygens (including phenoxy) is 2. The molecule has 1 aliphatic rings. The lowest BCUT2D eigenvalue weighted by Crippen LogP contribution is -2.48. The Kier molecular flexibility index (Phi) is 9.32. The van der Waals surface area contributed by atoms with Gasteiger partial charge in [-0.15, -0.1) is 11.3 Å². The second-order valence-corrected chi connectivity index (χ2v) is 10.1. The Morgan fingerprint density at radius 3 is 2.79 bits per heavy atom. The van der Waals surface area contributed by atoms with Crippen LogP contribution in [0.2, 0.25) is 0 Å². The lowest BCUT2D eigenvalue weighted by Gasteiger charge is -2.37. The quantitative estimate of drug-likeness (QED) is 0.534. The third kappa shape index (κ3) is 7.03. The van der Waals surface area contributed by atoms with E-state index in [1.54, 1.807) is 11.3 Å². The Morgan fingerprint density at radius 2 is 2.09 bits per heavy atom. The average molecular weight is 475 g/mol. The minimum Gasteiger partial charge on any atom is -0.491 e. The summed E-state index contributed by atoms with van der Waals surface area (Å²) in [5, 5.41) is 12.4. The van der Waals surface area contributed by atoms with Crippen LogP contribution < -0.4 is 4.74 Å². The zero-order chi connectivity index (χ0) is 24.0. The summed E-state index contributed by atoms with van der Waals surface area (Å²) >= 11 is 1.75. The number of fused-ring (bicyclic) bond motifs is 1. The number of carbonyl (C=O) groups is 1. The summed E-state index contributed by atoms with van der Waals surface area (Å²) in [7, 11) is 0. The molecule has 0 radical (unpaired) electrons. The molecule has 0 aliphatic carbocycles. The van der Waals surface area contributed by atoms with E-state index in [4.69, 9.17) is 9.47 Å². The largest absolute Gasteiger partial charge is 0.491 e. The lowest BCUT2D eigenvalue weighted by atomic mass is 10.00. The standard InChI is InChI=1S/C26H38N2O4S/c1-6-27(14-21(29)16-31-18(2)3)15-26(30)28-11-9-25-22(10-12-33-25)23(28)17-32-24-8-7-19(4)13-20(24)5/h7-8,10,12-13,18,21,23,29H,6,9,11,14-17H2,1-5H3/t21-,23-/m1/s1. The van der Waals surface area contributed by atoms with Crippen LogP contribution in [0.4, 0.5) is 0 Å². The maximum atomic E-state index is 13.4. The van der Waals surface area contributed by atoms with Crippen molar-refractivity contribution in [3.8, 4) is 5.75 Å². The van der Waals surface area contributed by atoms with Gasteiger partial charge in [0.25, 0.3) is 0 Å². The Hall–Kier alpha value is -1.93. The molecule has 33 heavy (non-hydrogen) atoms. The van der Waals surface area contributed by atoms with E-state index in [-0.39, 0.29) is 31.2 Å². The molecule has 0 saturated heterocycles. The van der Waals surface area contributed by atoms with Crippen LogP contribution >= 0.6 is 11.3 Å². The maximum absolute atomic E-state index is 13.4. The van der Waals surface area contributed by atoms with E-state index < -0.39 is 6.10 Å². The van der Waals surface area contributed by atoms with Gasteiger partial charge in [0.15, 0.2) is 0 Å². The number of likely N-dealkylation sites (N-methyl/N-ethyl adjacent to an activating group) is 1. The number of amides is 1. The van der Waals surface area contributed by atoms with Crippen molar-refractivity contribution in [3.63, 3.8) is 0 Å². The van der Waals surface area contributed by atoms with Crippen LogP contribution in [-0.2, 0) is 16.0 Å². The highest BCUT2D eigenvalue weighted by Gasteiger charge is 2.33. The van der Waals surface area contributed by atoms with Gasteiger partial charge in [0, 0.05) is 18.0 Å². The van der Waals surface area contributed by atoms with Crippen LogP contribution in [0.5, 0.6) is 5.75 Å². The Balaban J connectivity index is 1.68. The van der Waals surface area contributed by atoms with Gasteiger partial charge in [0.05, 0.1) is 31.4 Å². The van der Waals surface area contributed by atoms with E-state index in [2.05, 4.69) is 37.4 Å². The van der Waals surface area contributed by atoms with E-state index in [1.807, 2.05) is 36.6 Å². The number of rotatable bonds is 11. The monoisotopic (exact) mass is 474 g/mol. The summed E-state index contributed by atoms with van der Waals surface area (Å²) in [6.45, 7) is 12.8.